The molecule has 110 valence electrons. The molecule has 0 radical (unpaired) electrons. The largest absolute Gasteiger partial charge is 0.478 e. The van der Waals surface area contributed by atoms with Gasteiger partial charge in [0.25, 0.3) is 0 Å². The van der Waals surface area contributed by atoms with Crippen LogP contribution in [0.2, 0.25) is 0 Å². The van der Waals surface area contributed by atoms with Gasteiger partial charge < -0.3 is 15.3 Å². The highest BCUT2D eigenvalue weighted by atomic mass is 79.9. The summed E-state index contributed by atoms with van der Waals surface area (Å²) in [4.78, 5) is 12.9. The summed E-state index contributed by atoms with van der Waals surface area (Å²) in [5.41, 5.74) is 3.46. The molecule has 0 saturated carbocycles. The highest BCUT2D eigenvalue weighted by Crippen LogP contribution is 2.21. The second kappa shape index (κ2) is 6.63. The molecular weight excluding hydrogens is 332 g/mol. The number of carboxylic acids is 1. The third-order valence-corrected chi connectivity index (χ3v) is 3.90. The minimum absolute atomic E-state index is 0.279. The zero-order valence-electron chi connectivity index (χ0n) is 11.9. The van der Waals surface area contributed by atoms with Gasteiger partial charge in [-0.3, -0.25) is 0 Å². The van der Waals surface area contributed by atoms with E-state index in [-0.39, 0.29) is 5.56 Å². The lowest BCUT2D eigenvalue weighted by molar-refractivity contribution is 0.0697. The molecule has 0 heterocycles. The van der Waals surface area contributed by atoms with Gasteiger partial charge in [-0.1, -0.05) is 22.0 Å². The van der Waals surface area contributed by atoms with Crippen molar-refractivity contribution < 1.29 is 9.90 Å². The molecule has 0 aliphatic rings. The van der Waals surface area contributed by atoms with Crippen molar-refractivity contribution >= 4 is 33.3 Å². The summed E-state index contributed by atoms with van der Waals surface area (Å²) in [6.45, 7) is 0.627. The van der Waals surface area contributed by atoms with Crippen molar-refractivity contribution in [2.24, 2.45) is 0 Å². The molecule has 0 unspecified atom stereocenters. The van der Waals surface area contributed by atoms with Crippen LogP contribution in [0.1, 0.15) is 15.9 Å². The SMILES string of the molecule is CN(C)c1ccc(NCc2ccc(C(=O)O)cc2Br)cc1. The fraction of sp³-hybridized carbons (Fsp3) is 0.188. The second-order valence-corrected chi connectivity index (χ2v) is 5.76. The Morgan fingerprint density at radius 2 is 1.86 bits per heavy atom. The van der Waals surface area contributed by atoms with Crippen molar-refractivity contribution in [1.29, 1.82) is 0 Å². The lowest BCUT2D eigenvalue weighted by Crippen LogP contribution is -2.08. The van der Waals surface area contributed by atoms with Gasteiger partial charge in [0.05, 0.1) is 5.56 Å². The van der Waals surface area contributed by atoms with Crippen LogP contribution in [0.5, 0.6) is 0 Å². The Hall–Kier alpha value is -2.01. The first-order valence-corrected chi connectivity index (χ1v) is 7.29. The monoisotopic (exact) mass is 348 g/mol. The Labute approximate surface area is 132 Å². The zero-order valence-corrected chi connectivity index (χ0v) is 13.5. The molecule has 0 fully saturated rings. The van der Waals surface area contributed by atoms with Gasteiger partial charge in [0.15, 0.2) is 0 Å². The Morgan fingerprint density at radius 3 is 2.38 bits per heavy atom. The fourth-order valence-corrected chi connectivity index (χ4v) is 2.42. The maximum absolute atomic E-state index is 10.9. The first-order chi connectivity index (χ1) is 9.97. The third-order valence-electron chi connectivity index (χ3n) is 3.17. The van der Waals surface area contributed by atoms with Crippen LogP contribution in [0.4, 0.5) is 11.4 Å². The molecular formula is C16H17BrN2O2. The zero-order chi connectivity index (χ0) is 15.4. The van der Waals surface area contributed by atoms with Crippen LogP contribution in [-0.4, -0.2) is 25.2 Å². The average molecular weight is 349 g/mol. The van der Waals surface area contributed by atoms with Gasteiger partial charge in [0.2, 0.25) is 0 Å². The fourth-order valence-electron chi connectivity index (χ4n) is 1.90. The number of nitrogens with zero attached hydrogens (tertiary/aromatic N) is 1. The van der Waals surface area contributed by atoms with Crippen LogP contribution < -0.4 is 10.2 Å². The molecule has 2 aromatic carbocycles. The Balaban J connectivity index is 2.04. The first kappa shape index (κ1) is 15.4. The molecule has 0 saturated heterocycles. The van der Waals surface area contributed by atoms with Gasteiger partial charge in [0.1, 0.15) is 0 Å². The summed E-state index contributed by atoms with van der Waals surface area (Å²) in [5.74, 6) is -0.922. The van der Waals surface area contributed by atoms with Gasteiger partial charge in [0, 0.05) is 36.5 Å². The molecule has 0 aromatic heterocycles. The normalized spacial score (nSPS) is 10.2. The molecule has 0 amide bonds. The smallest absolute Gasteiger partial charge is 0.335 e. The van der Waals surface area contributed by atoms with Crippen LogP contribution in [0.15, 0.2) is 46.9 Å². The number of anilines is 2. The number of benzene rings is 2. The van der Waals surface area contributed by atoms with Gasteiger partial charge in [-0.2, -0.15) is 0 Å². The molecule has 0 aliphatic heterocycles. The van der Waals surface area contributed by atoms with Crippen molar-refractivity contribution in [2.75, 3.05) is 24.3 Å². The first-order valence-electron chi connectivity index (χ1n) is 6.50. The Kier molecular flexibility index (Phi) is 4.85. The molecule has 21 heavy (non-hydrogen) atoms. The highest BCUT2D eigenvalue weighted by molar-refractivity contribution is 9.10. The van der Waals surface area contributed by atoms with E-state index in [9.17, 15) is 4.79 Å². The molecule has 2 rings (SSSR count). The molecule has 0 spiro atoms. The number of carboxylic acid groups (broad SMARTS) is 1. The van der Waals surface area contributed by atoms with Gasteiger partial charge in [-0.15, -0.1) is 0 Å². The van der Waals surface area contributed by atoms with Crippen LogP contribution in [0.25, 0.3) is 0 Å². The molecule has 0 aliphatic carbocycles. The second-order valence-electron chi connectivity index (χ2n) is 4.91. The molecule has 0 bridgehead atoms. The Morgan fingerprint density at radius 1 is 1.19 bits per heavy atom. The van der Waals surface area contributed by atoms with Gasteiger partial charge in [-0.05, 0) is 42.0 Å². The van der Waals surface area contributed by atoms with E-state index < -0.39 is 5.97 Å². The topological polar surface area (TPSA) is 52.6 Å². The molecule has 0 atom stereocenters. The van der Waals surface area contributed by atoms with Crippen molar-refractivity contribution in [1.82, 2.24) is 0 Å². The summed E-state index contributed by atoms with van der Waals surface area (Å²) in [5, 5.41) is 12.3. The van der Waals surface area contributed by atoms with Crippen molar-refractivity contribution in [3.8, 4) is 0 Å². The van der Waals surface area contributed by atoms with Crippen LogP contribution in [-0.2, 0) is 6.54 Å². The summed E-state index contributed by atoms with van der Waals surface area (Å²) in [6.07, 6.45) is 0. The van der Waals surface area contributed by atoms with E-state index in [1.165, 1.54) is 0 Å². The van der Waals surface area contributed by atoms with Crippen molar-refractivity contribution in [2.45, 2.75) is 6.54 Å². The van der Waals surface area contributed by atoms with E-state index in [2.05, 4.69) is 21.2 Å². The van der Waals surface area contributed by atoms with E-state index >= 15 is 0 Å². The lowest BCUT2D eigenvalue weighted by Gasteiger charge is -2.14. The molecule has 2 N–H and O–H groups in total. The minimum atomic E-state index is -0.922. The van der Waals surface area contributed by atoms with E-state index in [0.717, 1.165) is 21.4 Å². The van der Waals surface area contributed by atoms with Crippen LogP contribution in [0.3, 0.4) is 0 Å². The summed E-state index contributed by atoms with van der Waals surface area (Å²) < 4.78 is 0.791. The summed E-state index contributed by atoms with van der Waals surface area (Å²) >= 11 is 3.41. The van der Waals surface area contributed by atoms with Crippen LogP contribution in [0, 0.1) is 0 Å². The predicted octanol–water partition coefficient (Wildman–Crippen LogP) is 3.83. The maximum atomic E-state index is 10.9. The number of hydrogen-bond donors (Lipinski definition) is 2. The number of aromatic carboxylic acids is 1. The van der Waals surface area contributed by atoms with E-state index in [0.29, 0.717) is 6.54 Å². The quantitative estimate of drug-likeness (QED) is 0.862. The minimum Gasteiger partial charge on any atom is -0.478 e. The van der Waals surface area contributed by atoms with Gasteiger partial charge in [-0.25, -0.2) is 4.79 Å². The maximum Gasteiger partial charge on any atom is 0.335 e. The van der Waals surface area contributed by atoms with Crippen LogP contribution >= 0.6 is 15.9 Å². The Bertz CT molecular complexity index is 639. The average Bonchev–Trinajstić information content (AvgIpc) is 2.46. The lowest BCUT2D eigenvalue weighted by atomic mass is 10.1. The third kappa shape index (κ3) is 3.98. The van der Waals surface area contributed by atoms with Crippen molar-refractivity contribution in [3.05, 3.63) is 58.1 Å². The van der Waals surface area contributed by atoms with Crippen molar-refractivity contribution in [3.63, 3.8) is 0 Å². The van der Waals surface area contributed by atoms with E-state index in [4.69, 9.17) is 5.11 Å². The number of nitrogens with one attached hydrogen (secondary N) is 1. The van der Waals surface area contributed by atoms with Gasteiger partial charge >= 0.3 is 5.97 Å². The standard InChI is InChI=1S/C16H17BrN2O2/c1-19(2)14-7-5-13(6-8-14)18-10-12-4-3-11(16(20)21)9-15(12)17/h3-9,18H,10H2,1-2H3,(H,20,21). The summed E-state index contributed by atoms with van der Waals surface area (Å²) in [7, 11) is 4.01. The number of rotatable bonds is 5. The van der Waals surface area contributed by atoms with E-state index in [1.807, 2.05) is 49.3 Å². The predicted molar refractivity (Wildman–Crippen MR) is 89.2 cm³/mol. The number of hydrogen-bond acceptors (Lipinski definition) is 3. The van der Waals surface area contributed by atoms with E-state index in [1.54, 1.807) is 12.1 Å². The molecule has 5 heteroatoms. The number of carbonyl (C=O) groups is 1. The number of halogens is 1. The highest BCUT2D eigenvalue weighted by Gasteiger charge is 2.06. The molecule has 2 aromatic rings. The summed E-state index contributed by atoms with van der Waals surface area (Å²) in [6, 6.07) is 13.2. The molecule has 4 nitrogen and oxygen atoms in total.